The summed E-state index contributed by atoms with van der Waals surface area (Å²) in [5.74, 6) is -1.71. The molecule has 0 aromatic rings. The van der Waals surface area contributed by atoms with Crippen molar-refractivity contribution in [1.29, 1.82) is 0 Å². The van der Waals surface area contributed by atoms with Crippen molar-refractivity contribution in [3.8, 4) is 0 Å². The summed E-state index contributed by atoms with van der Waals surface area (Å²) in [7, 11) is 1.26. The lowest BCUT2D eigenvalue weighted by atomic mass is 9.82. The SMILES string of the molecule is COC(=O)CN(C(=O)CC1(C(=O)O)CCCC1)C(C)C. The van der Waals surface area contributed by atoms with Gasteiger partial charge in [0.15, 0.2) is 0 Å². The van der Waals surface area contributed by atoms with Crippen LogP contribution in [0.2, 0.25) is 0 Å². The van der Waals surface area contributed by atoms with E-state index in [1.165, 1.54) is 12.0 Å². The number of carbonyl (C=O) groups is 3. The fourth-order valence-electron chi connectivity index (χ4n) is 2.67. The minimum absolute atomic E-state index is 0.0441. The van der Waals surface area contributed by atoms with E-state index in [1.807, 2.05) is 0 Å². The maximum atomic E-state index is 12.4. The molecule has 6 heteroatoms. The fourth-order valence-corrected chi connectivity index (χ4v) is 2.67. The number of hydrogen-bond donors (Lipinski definition) is 1. The third kappa shape index (κ3) is 3.71. The number of carboxylic acids is 1. The van der Waals surface area contributed by atoms with Gasteiger partial charge in [-0.1, -0.05) is 12.8 Å². The second kappa shape index (κ2) is 6.72. The first-order valence-electron chi connectivity index (χ1n) is 6.92. The average Bonchev–Trinajstić information content (AvgIpc) is 2.84. The lowest BCUT2D eigenvalue weighted by Gasteiger charge is -2.30. The van der Waals surface area contributed by atoms with Gasteiger partial charge in [0.05, 0.1) is 12.5 Å². The molecular weight excluding hydrogens is 262 g/mol. The minimum Gasteiger partial charge on any atom is -0.481 e. The molecule has 0 aliphatic heterocycles. The largest absolute Gasteiger partial charge is 0.481 e. The maximum absolute atomic E-state index is 12.4. The second-order valence-corrected chi connectivity index (χ2v) is 5.66. The molecule has 1 amide bonds. The number of aliphatic carboxylic acids is 1. The van der Waals surface area contributed by atoms with Gasteiger partial charge < -0.3 is 14.7 Å². The lowest BCUT2D eigenvalue weighted by Crippen LogP contribution is -2.44. The van der Waals surface area contributed by atoms with E-state index in [4.69, 9.17) is 0 Å². The van der Waals surface area contributed by atoms with Gasteiger partial charge in [0.2, 0.25) is 5.91 Å². The van der Waals surface area contributed by atoms with Crippen LogP contribution in [0.4, 0.5) is 0 Å². The van der Waals surface area contributed by atoms with Crippen molar-refractivity contribution in [2.24, 2.45) is 5.41 Å². The number of rotatable bonds is 6. The molecule has 0 radical (unpaired) electrons. The molecule has 0 aromatic carbocycles. The monoisotopic (exact) mass is 285 g/mol. The van der Waals surface area contributed by atoms with Crippen LogP contribution in [0.25, 0.3) is 0 Å². The van der Waals surface area contributed by atoms with Gasteiger partial charge in [0, 0.05) is 12.5 Å². The summed E-state index contributed by atoms with van der Waals surface area (Å²) in [6.45, 7) is 3.45. The summed E-state index contributed by atoms with van der Waals surface area (Å²) in [5, 5.41) is 9.40. The van der Waals surface area contributed by atoms with Gasteiger partial charge in [-0.05, 0) is 26.7 Å². The predicted molar refractivity (Wildman–Crippen MR) is 72.0 cm³/mol. The van der Waals surface area contributed by atoms with E-state index in [-0.39, 0.29) is 24.9 Å². The topological polar surface area (TPSA) is 83.9 Å². The van der Waals surface area contributed by atoms with Crippen LogP contribution >= 0.6 is 0 Å². The predicted octanol–water partition coefficient (Wildman–Crippen LogP) is 1.43. The Morgan fingerprint density at radius 3 is 2.20 bits per heavy atom. The molecular formula is C14H23NO5. The number of amides is 1. The van der Waals surface area contributed by atoms with Crippen molar-refractivity contribution < 1.29 is 24.2 Å². The highest BCUT2D eigenvalue weighted by Crippen LogP contribution is 2.41. The summed E-state index contributed by atoms with van der Waals surface area (Å²) in [6.07, 6.45) is 2.67. The molecule has 1 aliphatic rings. The Morgan fingerprint density at radius 1 is 1.25 bits per heavy atom. The van der Waals surface area contributed by atoms with Crippen molar-refractivity contribution in [1.82, 2.24) is 4.90 Å². The molecule has 1 N–H and O–H groups in total. The van der Waals surface area contributed by atoms with Crippen LogP contribution < -0.4 is 0 Å². The van der Waals surface area contributed by atoms with Crippen molar-refractivity contribution in [2.75, 3.05) is 13.7 Å². The molecule has 20 heavy (non-hydrogen) atoms. The van der Waals surface area contributed by atoms with Crippen molar-refractivity contribution in [3.63, 3.8) is 0 Å². The molecule has 1 fully saturated rings. The van der Waals surface area contributed by atoms with E-state index in [0.717, 1.165) is 12.8 Å². The zero-order valence-electron chi connectivity index (χ0n) is 12.3. The van der Waals surface area contributed by atoms with Gasteiger partial charge in [0.25, 0.3) is 0 Å². The van der Waals surface area contributed by atoms with Gasteiger partial charge in [0.1, 0.15) is 6.54 Å². The molecule has 1 aliphatic carbocycles. The Hall–Kier alpha value is -1.59. The molecule has 0 heterocycles. The van der Waals surface area contributed by atoms with Gasteiger partial charge >= 0.3 is 11.9 Å². The van der Waals surface area contributed by atoms with Gasteiger partial charge in [-0.3, -0.25) is 14.4 Å². The van der Waals surface area contributed by atoms with E-state index in [0.29, 0.717) is 12.8 Å². The number of carbonyl (C=O) groups excluding carboxylic acids is 2. The molecule has 0 atom stereocenters. The van der Waals surface area contributed by atoms with Gasteiger partial charge in [-0.2, -0.15) is 0 Å². The van der Waals surface area contributed by atoms with Crippen LogP contribution in [-0.2, 0) is 19.1 Å². The van der Waals surface area contributed by atoms with Crippen LogP contribution in [0.3, 0.4) is 0 Å². The summed E-state index contributed by atoms with van der Waals surface area (Å²) >= 11 is 0. The molecule has 0 bridgehead atoms. The van der Waals surface area contributed by atoms with E-state index in [1.54, 1.807) is 13.8 Å². The number of methoxy groups -OCH3 is 1. The summed E-state index contributed by atoms with van der Waals surface area (Å²) in [6, 6.07) is -0.172. The second-order valence-electron chi connectivity index (χ2n) is 5.66. The molecule has 114 valence electrons. The normalized spacial score (nSPS) is 17.0. The van der Waals surface area contributed by atoms with Crippen molar-refractivity contribution in [2.45, 2.75) is 52.0 Å². The zero-order chi connectivity index (χ0) is 15.3. The van der Waals surface area contributed by atoms with E-state index < -0.39 is 17.4 Å². The minimum atomic E-state index is -0.958. The smallest absolute Gasteiger partial charge is 0.325 e. The summed E-state index contributed by atoms with van der Waals surface area (Å²) < 4.78 is 4.57. The van der Waals surface area contributed by atoms with Crippen molar-refractivity contribution >= 4 is 17.8 Å². The fraction of sp³-hybridized carbons (Fsp3) is 0.786. The molecule has 0 aromatic heterocycles. The summed E-state index contributed by atoms with van der Waals surface area (Å²) in [4.78, 5) is 36.6. The zero-order valence-corrected chi connectivity index (χ0v) is 12.3. The maximum Gasteiger partial charge on any atom is 0.325 e. The van der Waals surface area contributed by atoms with Gasteiger partial charge in [-0.15, -0.1) is 0 Å². The molecule has 0 unspecified atom stereocenters. The number of esters is 1. The molecule has 0 spiro atoms. The van der Waals surface area contributed by atoms with Crippen LogP contribution in [0.1, 0.15) is 46.0 Å². The van der Waals surface area contributed by atoms with Crippen LogP contribution in [0.5, 0.6) is 0 Å². The standard InChI is InChI=1S/C14H23NO5/c1-10(2)15(9-12(17)20-3)11(16)8-14(13(18)19)6-4-5-7-14/h10H,4-9H2,1-3H3,(H,18,19). The highest BCUT2D eigenvalue weighted by Gasteiger charge is 2.44. The van der Waals surface area contributed by atoms with Crippen molar-refractivity contribution in [3.05, 3.63) is 0 Å². The quantitative estimate of drug-likeness (QED) is 0.746. The molecule has 6 nitrogen and oxygen atoms in total. The first-order chi connectivity index (χ1) is 9.32. The number of carboxylic acid groups (broad SMARTS) is 1. The molecule has 1 rings (SSSR count). The van der Waals surface area contributed by atoms with E-state index in [2.05, 4.69) is 4.74 Å². The highest BCUT2D eigenvalue weighted by atomic mass is 16.5. The van der Waals surface area contributed by atoms with Gasteiger partial charge in [-0.25, -0.2) is 0 Å². The Balaban J connectivity index is 2.79. The number of ether oxygens (including phenoxy) is 1. The first-order valence-corrected chi connectivity index (χ1v) is 6.92. The third-order valence-corrected chi connectivity index (χ3v) is 3.97. The molecule has 0 saturated heterocycles. The summed E-state index contributed by atoms with van der Waals surface area (Å²) in [5.41, 5.74) is -0.958. The van der Waals surface area contributed by atoms with E-state index >= 15 is 0 Å². The lowest BCUT2D eigenvalue weighted by molar-refractivity contribution is -0.155. The Bertz CT molecular complexity index is 385. The van der Waals surface area contributed by atoms with Crippen LogP contribution in [0, 0.1) is 5.41 Å². The average molecular weight is 285 g/mol. The first kappa shape index (κ1) is 16.5. The van der Waals surface area contributed by atoms with E-state index in [9.17, 15) is 19.5 Å². The molecule has 1 saturated carbocycles. The highest BCUT2D eigenvalue weighted by molar-refractivity contribution is 5.87. The van der Waals surface area contributed by atoms with Crippen LogP contribution in [-0.4, -0.2) is 47.5 Å². The third-order valence-electron chi connectivity index (χ3n) is 3.97. The van der Waals surface area contributed by atoms with Crippen LogP contribution in [0.15, 0.2) is 0 Å². The Labute approximate surface area is 119 Å². The Kier molecular flexibility index (Phi) is 5.53. The number of hydrogen-bond acceptors (Lipinski definition) is 4. The Morgan fingerprint density at radius 2 is 1.80 bits per heavy atom. The number of nitrogens with zero attached hydrogens (tertiary/aromatic N) is 1.